The van der Waals surface area contributed by atoms with Gasteiger partial charge in [0.15, 0.2) is 0 Å². The molecule has 64 valence electrons. The fourth-order valence-electron chi connectivity index (χ4n) is 1.20. The molecule has 0 saturated heterocycles. The minimum absolute atomic E-state index is 0.394. The number of benzene rings is 1. The molecule has 1 saturated carbocycles. The second kappa shape index (κ2) is 3.15. The summed E-state index contributed by atoms with van der Waals surface area (Å²) in [5, 5.41) is 12.8. The minimum atomic E-state index is 0.394. The first kappa shape index (κ1) is 7.62. The highest BCUT2D eigenvalue weighted by Gasteiger charge is 2.20. The average molecular weight is 163 g/mol. The zero-order valence-electron chi connectivity index (χ0n) is 6.96. The van der Waals surface area contributed by atoms with Crippen LogP contribution in [0.4, 0.5) is 0 Å². The van der Waals surface area contributed by atoms with Crippen LogP contribution in [0.3, 0.4) is 0 Å². The van der Waals surface area contributed by atoms with Gasteiger partial charge in [0, 0.05) is 18.2 Å². The number of phenols is 1. The molecule has 0 heterocycles. The molecule has 1 fully saturated rings. The highest BCUT2D eigenvalue weighted by atomic mass is 16.3. The van der Waals surface area contributed by atoms with Crippen molar-refractivity contribution < 1.29 is 5.11 Å². The maximum Gasteiger partial charge on any atom is 0.120 e. The molecule has 0 aliphatic heterocycles. The molecule has 1 aromatic carbocycles. The van der Waals surface area contributed by atoms with Crippen LogP contribution in [0, 0.1) is 0 Å². The van der Waals surface area contributed by atoms with Crippen molar-refractivity contribution in [3.63, 3.8) is 0 Å². The lowest BCUT2D eigenvalue weighted by Gasteiger charge is -2.04. The van der Waals surface area contributed by atoms with Crippen LogP contribution in [-0.4, -0.2) is 11.1 Å². The van der Waals surface area contributed by atoms with Gasteiger partial charge in [-0.05, 0) is 18.9 Å². The predicted molar refractivity (Wildman–Crippen MR) is 48.0 cm³/mol. The summed E-state index contributed by atoms with van der Waals surface area (Å²) in [5.41, 5.74) is 0.990. The van der Waals surface area contributed by atoms with Gasteiger partial charge in [-0.1, -0.05) is 18.2 Å². The number of hydrogen-bond acceptors (Lipinski definition) is 2. The topological polar surface area (TPSA) is 32.3 Å². The Hall–Kier alpha value is -1.02. The van der Waals surface area contributed by atoms with Crippen LogP contribution in [0.15, 0.2) is 24.3 Å². The first-order valence-corrected chi connectivity index (χ1v) is 4.36. The van der Waals surface area contributed by atoms with E-state index in [4.69, 9.17) is 0 Å². The normalized spacial score (nSPS) is 16.3. The molecule has 2 nitrogen and oxygen atoms in total. The molecule has 12 heavy (non-hydrogen) atoms. The fraction of sp³-hybridized carbons (Fsp3) is 0.400. The Morgan fingerprint density at radius 1 is 1.33 bits per heavy atom. The Kier molecular flexibility index (Phi) is 2.00. The minimum Gasteiger partial charge on any atom is -0.508 e. The van der Waals surface area contributed by atoms with E-state index in [-0.39, 0.29) is 0 Å². The molecular weight excluding hydrogens is 150 g/mol. The fourth-order valence-corrected chi connectivity index (χ4v) is 1.20. The van der Waals surface area contributed by atoms with Crippen LogP contribution in [0.2, 0.25) is 0 Å². The van der Waals surface area contributed by atoms with E-state index in [1.807, 2.05) is 18.2 Å². The van der Waals surface area contributed by atoms with Crippen molar-refractivity contribution in [3.05, 3.63) is 29.8 Å². The first-order valence-electron chi connectivity index (χ1n) is 4.36. The van der Waals surface area contributed by atoms with Gasteiger partial charge in [0.1, 0.15) is 5.75 Å². The number of nitrogens with one attached hydrogen (secondary N) is 1. The maximum atomic E-state index is 9.40. The summed E-state index contributed by atoms with van der Waals surface area (Å²) in [5.74, 6) is 0.394. The molecule has 0 radical (unpaired) electrons. The molecule has 1 aliphatic rings. The Labute approximate surface area is 72.2 Å². The number of para-hydroxylation sites is 1. The number of phenolic OH excluding ortho intramolecular Hbond substituents is 1. The molecule has 2 rings (SSSR count). The van der Waals surface area contributed by atoms with Crippen LogP contribution in [0.1, 0.15) is 18.4 Å². The van der Waals surface area contributed by atoms with Gasteiger partial charge in [-0.2, -0.15) is 0 Å². The van der Waals surface area contributed by atoms with Crippen molar-refractivity contribution in [2.75, 3.05) is 0 Å². The monoisotopic (exact) mass is 163 g/mol. The molecule has 1 aromatic rings. The Bertz CT molecular complexity index is 268. The first-order chi connectivity index (χ1) is 5.86. The highest BCUT2D eigenvalue weighted by molar-refractivity contribution is 5.31. The molecule has 0 aromatic heterocycles. The van der Waals surface area contributed by atoms with E-state index in [2.05, 4.69) is 5.32 Å². The standard InChI is InChI=1S/C10H13NO/c12-10-4-2-1-3-8(10)7-11-9-5-6-9/h1-4,9,11-12H,5-7H2. The molecule has 1 aliphatic carbocycles. The van der Waals surface area contributed by atoms with Crippen molar-refractivity contribution in [2.45, 2.75) is 25.4 Å². The van der Waals surface area contributed by atoms with Crippen LogP contribution >= 0.6 is 0 Å². The molecule has 0 unspecified atom stereocenters. The van der Waals surface area contributed by atoms with E-state index in [0.29, 0.717) is 11.8 Å². The van der Waals surface area contributed by atoms with Crippen molar-refractivity contribution in [3.8, 4) is 5.75 Å². The van der Waals surface area contributed by atoms with E-state index in [1.165, 1.54) is 12.8 Å². The van der Waals surface area contributed by atoms with Gasteiger partial charge in [0.25, 0.3) is 0 Å². The van der Waals surface area contributed by atoms with Crippen LogP contribution in [0.25, 0.3) is 0 Å². The second-order valence-corrected chi connectivity index (χ2v) is 3.28. The molecular formula is C10H13NO. The zero-order valence-corrected chi connectivity index (χ0v) is 6.96. The van der Waals surface area contributed by atoms with Gasteiger partial charge in [0.05, 0.1) is 0 Å². The van der Waals surface area contributed by atoms with Crippen molar-refractivity contribution >= 4 is 0 Å². The van der Waals surface area contributed by atoms with Crippen molar-refractivity contribution in [2.24, 2.45) is 0 Å². The largest absolute Gasteiger partial charge is 0.508 e. The van der Waals surface area contributed by atoms with E-state index in [1.54, 1.807) is 6.07 Å². The van der Waals surface area contributed by atoms with Crippen LogP contribution in [-0.2, 0) is 6.54 Å². The van der Waals surface area contributed by atoms with Gasteiger partial charge in [-0.15, -0.1) is 0 Å². The van der Waals surface area contributed by atoms with Crippen molar-refractivity contribution in [1.29, 1.82) is 0 Å². The summed E-state index contributed by atoms with van der Waals surface area (Å²) in [4.78, 5) is 0. The lowest BCUT2D eigenvalue weighted by molar-refractivity contribution is 0.464. The molecule has 0 spiro atoms. The molecule has 2 N–H and O–H groups in total. The smallest absolute Gasteiger partial charge is 0.120 e. The lowest BCUT2D eigenvalue weighted by Crippen LogP contribution is -2.15. The predicted octanol–water partition coefficient (Wildman–Crippen LogP) is 1.64. The van der Waals surface area contributed by atoms with Gasteiger partial charge in [0.2, 0.25) is 0 Å². The lowest BCUT2D eigenvalue weighted by atomic mass is 10.2. The Balaban J connectivity index is 1.96. The van der Waals surface area contributed by atoms with Gasteiger partial charge >= 0.3 is 0 Å². The number of rotatable bonds is 3. The number of aromatic hydroxyl groups is 1. The Morgan fingerprint density at radius 3 is 2.75 bits per heavy atom. The Morgan fingerprint density at radius 2 is 2.08 bits per heavy atom. The van der Waals surface area contributed by atoms with Crippen LogP contribution in [0.5, 0.6) is 5.75 Å². The third-order valence-corrected chi connectivity index (χ3v) is 2.15. The maximum absolute atomic E-state index is 9.40. The third-order valence-electron chi connectivity index (χ3n) is 2.15. The molecule has 0 bridgehead atoms. The zero-order chi connectivity index (χ0) is 8.39. The van der Waals surface area contributed by atoms with E-state index in [9.17, 15) is 5.11 Å². The molecule has 2 heteroatoms. The summed E-state index contributed by atoms with van der Waals surface area (Å²) in [7, 11) is 0. The number of hydrogen-bond donors (Lipinski definition) is 2. The van der Waals surface area contributed by atoms with Gasteiger partial charge in [-0.3, -0.25) is 0 Å². The average Bonchev–Trinajstić information content (AvgIpc) is 2.86. The van der Waals surface area contributed by atoms with E-state index >= 15 is 0 Å². The summed E-state index contributed by atoms with van der Waals surface area (Å²) in [6.45, 7) is 0.789. The van der Waals surface area contributed by atoms with Gasteiger partial charge < -0.3 is 10.4 Å². The summed E-state index contributed by atoms with van der Waals surface area (Å²) < 4.78 is 0. The van der Waals surface area contributed by atoms with E-state index in [0.717, 1.165) is 12.1 Å². The molecule has 0 atom stereocenters. The van der Waals surface area contributed by atoms with Crippen molar-refractivity contribution in [1.82, 2.24) is 5.32 Å². The highest BCUT2D eigenvalue weighted by Crippen LogP contribution is 2.21. The second-order valence-electron chi connectivity index (χ2n) is 3.28. The van der Waals surface area contributed by atoms with E-state index < -0.39 is 0 Å². The van der Waals surface area contributed by atoms with Crippen LogP contribution < -0.4 is 5.32 Å². The quantitative estimate of drug-likeness (QED) is 0.710. The van der Waals surface area contributed by atoms with Gasteiger partial charge in [-0.25, -0.2) is 0 Å². The summed E-state index contributed by atoms with van der Waals surface area (Å²) in [6.07, 6.45) is 2.57. The SMILES string of the molecule is Oc1ccccc1CNC1CC1. The molecule has 0 amide bonds. The third kappa shape index (κ3) is 1.77. The summed E-state index contributed by atoms with van der Waals surface area (Å²) >= 11 is 0. The summed E-state index contributed by atoms with van der Waals surface area (Å²) in [6, 6.07) is 8.17.